The Morgan fingerprint density at radius 1 is 1.50 bits per heavy atom. The quantitative estimate of drug-likeness (QED) is 0.833. The molecule has 1 aromatic rings. The fraction of sp³-hybridized carbons (Fsp3) is 0.692. The molecule has 0 bridgehead atoms. The molecule has 1 heterocycles. The Morgan fingerprint density at radius 2 is 2.28 bits per heavy atom. The molecule has 1 fully saturated rings. The molecule has 0 aromatic carbocycles. The van der Waals surface area contributed by atoms with Crippen molar-refractivity contribution in [1.29, 1.82) is 0 Å². The average Bonchev–Trinajstić information content (AvgIpc) is 2.89. The van der Waals surface area contributed by atoms with Crippen molar-refractivity contribution in [2.24, 2.45) is 5.92 Å². The molecule has 2 N–H and O–H groups in total. The predicted molar refractivity (Wildman–Crippen MR) is 71.7 cm³/mol. The zero-order chi connectivity index (χ0) is 12.8. The number of nitrogens with one attached hydrogen (secondary N) is 1. The summed E-state index contributed by atoms with van der Waals surface area (Å²) in [6, 6.07) is -0.135. The van der Waals surface area contributed by atoms with Gasteiger partial charge in [0.15, 0.2) is 0 Å². The maximum atomic E-state index is 10.9. The normalized spacial score (nSPS) is 18.7. The minimum Gasteiger partial charge on any atom is -0.481 e. The van der Waals surface area contributed by atoms with E-state index in [1.165, 1.54) is 43.4 Å². The van der Waals surface area contributed by atoms with Crippen LogP contribution in [0, 0.1) is 5.92 Å². The highest BCUT2D eigenvalue weighted by Gasteiger charge is 2.20. The fourth-order valence-electron chi connectivity index (χ4n) is 2.53. The minimum absolute atomic E-state index is 0.111. The van der Waals surface area contributed by atoms with E-state index in [0.717, 1.165) is 11.6 Å². The Morgan fingerprint density at radius 3 is 2.89 bits per heavy atom. The van der Waals surface area contributed by atoms with Crippen LogP contribution < -0.4 is 5.32 Å². The molecule has 0 spiro atoms. The number of aromatic nitrogens is 1. The zero-order valence-corrected chi connectivity index (χ0v) is 11.3. The van der Waals surface area contributed by atoms with Gasteiger partial charge in [-0.25, -0.2) is 4.98 Å². The standard InChI is InChI=1S/C13H20N2O2S/c16-12(17)8-11(13-14-6-7-18-13)15-9-10-4-2-1-3-5-10/h6-7,10-11,15H,1-5,8-9H2,(H,16,17). The minimum atomic E-state index is -0.772. The van der Waals surface area contributed by atoms with E-state index >= 15 is 0 Å². The molecule has 0 amide bonds. The molecule has 1 atom stereocenters. The van der Waals surface area contributed by atoms with Crippen LogP contribution in [-0.2, 0) is 4.79 Å². The van der Waals surface area contributed by atoms with Crippen LogP contribution in [0.15, 0.2) is 11.6 Å². The Hall–Kier alpha value is -0.940. The topological polar surface area (TPSA) is 62.2 Å². The average molecular weight is 268 g/mol. The second kappa shape index (κ2) is 6.85. The van der Waals surface area contributed by atoms with Gasteiger partial charge in [0.25, 0.3) is 0 Å². The second-order valence-electron chi connectivity index (χ2n) is 4.93. The first kappa shape index (κ1) is 13.5. The maximum absolute atomic E-state index is 10.9. The Kier molecular flexibility index (Phi) is 5.13. The molecule has 0 saturated heterocycles. The number of hydrogen-bond acceptors (Lipinski definition) is 4. The number of rotatable bonds is 6. The highest BCUT2D eigenvalue weighted by atomic mass is 32.1. The van der Waals surface area contributed by atoms with E-state index in [9.17, 15) is 4.79 Å². The van der Waals surface area contributed by atoms with E-state index in [2.05, 4.69) is 10.3 Å². The number of hydrogen-bond donors (Lipinski definition) is 2. The number of carboxylic acid groups (broad SMARTS) is 1. The van der Waals surface area contributed by atoms with Crippen molar-refractivity contribution >= 4 is 17.3 Å². The van der Waals surface area contributed by atoms with Crippen LogP contribution in [0.3, 0.4) is 0 Å². The van der Waals surface area contributed by atoms with Crippen molar-refractivity contribution in [1.82, 2.24) is 10.3 Å². The van der Waals surface area contributed by atoms with Crippen LogP contribution >= 0.6 is 11.3 Å². The molecule has 1 aromatic heterocycles. The summed E-state index contributed by atoms with van der Waals surface area (Å²) >= 11 is 1.52. The van der Waals surface area contributed by atoms with Gasteiger partial charge in [-0.05, 0) is 25.3 Å². The molecular weight excluding hydrogens is 248 g/mol. The number of carbonyl (C=O) groups is 1. The lowest BCUT2D eigenvalue weighted by Gasteiger charge is -2.24. The molecule has 1 saturated carbocycles. The van der Waals surface area contributed by atoms with Gasteiger partial charge in [-0.3, -0.25) is 4.79 Å². The number of carboxylic acids is 1. The molecule has 4 nitrogen and oxygen atoms in total. The Labute approximate surface area is 111 Å². The van der Waals surface area contributed by atoms with Crippen LogP contribution in [0.25, 0.3) is 0 Å². The van der Waals surface area contributed by atoms with Crippen LogP contribution in [0.5, 0.6) is 0 Å². The highest BCUT2D eigenvalue weighted by Crippen LogP contribution is 2.25. The molecule has 2 rings (SSSR count). The first-order valence-corrected chi connectivity index (χ1v) is 7.48. The van der Waals surface area contributed by atoms with E-state index in [-0.39, 0.29) is 12.5 Å². The van der Waals surface area contributed by atoms with E-state index in [1.54, 1.807) is 6.20 Å². The number of aliphatic carboxylic acids is 1. The first-order chi connectivity index (χ1) is 8.75. The molecule has 18 heavy (non-hydrogen) atoms. The highest BCUT2D eigenvalue weighted by molar-refractivity contribution is 7.09. The van der Waals surface area contributed by atoms with Gasteiger partial charge in [-0.15, -0.1) is 11.3 Å². The monoisotopic (exact) mass is 268 g/mol. The molecule has 0 aliphatic heterocycles. The van der Waals surface area contributed by atoms with Gasteiger partial charge in [0.2, 0.25) is 0 Å². The van der Waals surface area contributed by atoms with Crippen molar-refractivity contribution in [3.8, 4) is 0 Å². The third kappa shape index (κ3) is 4.07. The third-order valence-electron chi connectivity index (χ3n) is 3.51. The van der Waals surface area contributed by atoms with E-state index in [1.807, 2.05) is 5.38 Å². The van der Waals surface area contributed by atoms with E-state index in [4.69, 9.17) is 5.11 Å². The van der Waals surface area contributed by atoms with Gasteiger partial charge in [-0.1, -0.05) is 19.3 Å². The first-order valence-electron chi connectivity index (χ1n) is 6.60. The van der Waals surface area contributed by atoms with E-state index < -0.39 is 5.97 Å². The fourth-order valence-corrected chi connectivity index (χ4v) is 3.24. The van der Waals surface area contributed by atoms with Crippen LogP contribution in [0.1, 0.15) is 49.6 Å². The van der Waals surface area contributed by atoms with Crippen molar-refractivity contribution in [3.05, 3.63) is 16.6 Å². The molecule has 100 valence electrons. The molecule has 0 radical (unpaired) electrons. The van der Waals surface area contributed by atoms with E-state index in [0.29, 0.717) is 5.92 Å². The maximum Gasteiger partial charge on any atom is 0.305 e. The summed E-state index contributed by atoms with van der Waals surface area (Å²) in [5.74, 6) is -0.0682. The van der Waals surface area contributed by atoms with Crippen molar-refractivity contribution in [2.75, 3.05) is 6.54 Å². The number of thiazole rings is 1. The van der Waals surface area contributed by atoms with Crippen molar-refractivity contribution < 1.29 is 9.90 Å². The molecule has 5 heteroatoms. The SMILES string of the molecule is O=C(O)CC(NCC1CCCCC1)c1nccs1. The largest absolute Gasteiger partial charge is 0.481 e. The van der Waals surface area contributed by atoms with Crippen LogP contribution in [0.2, 0.25) is 0 Å². The zero-order valence-electron chi connectivity index (χ0n) is 10.5. The lowest BCUT2D eigenvalue weighted by Crippen LogP contribution is -2.30. The van der Waals surface area contributed by atoms with Crippen LogP contribution in [0.4, 0.5) is 0 Å². The van der Waals surface area contributed by atoms with Gasteiger partial charge < -0.3 is 10.4 Å². The predicted octanol–water partition coefficient (Wildman–Crippen LogP) is 2.83. The molecular formula is C13H20N2O2S. The van der Waals surface area contributed by atoms with Gasteiger partial charge in [0.1, 0.15) is 5.01 Å². The summed E-state index contributed by atoms with van der Waals surface area (Å²) in [4.78, 5) is 15.1. The number of nitrogens with zero attached hydrogens (tertiary/aromatic N) is 1. The summed E-state index contributed by atoms with van der Waals surface area (Å²) in [5, 5.41) is 15.1. The third-order valence-corrected chi connectivity index (χ3v) is 4.40. The summed E-state index contributed by atoms with van der Waals surface area (Å²) in [6.07, 6.45) is 8.36. The summed E-state index contributed by atoms with van der Waals surface area (Å²) in [6.45, 7) is 0.914. The summed E-state index contributed by atoms with van der Waals surface area (Å²) < 4.78 is 0. The summed E-state index contributed by atoms with van der Waals surface area (Å²) in [7, 11) is 0. The summed E-state index contributed by atoms with van der Waals surface area (Å²) in [5.41, 5.74) is 0. The van der Waals surface area contributed by atoms with Gasteiger partial charge in [-0.2, -0.15) is 0 Å². The van der Waals surface area contributed by atoms with Crippen molar-refractivity contribution in [3.63, 3.8) is 0 Å². The Balaban J connectivity index is 1.86. The molecule has 1 unspecified atom stereocenters. The lowest BCUT2D eigenvalue weighted by atomic mass is 9.89. The van der Waals surface area contributed by atoms with Gasteiger partial charge in [0.05, 0.1) is 12.5 Å². The Bertz CT molecular complexity index is 361. The molecule has 1 aliphatic rings. The lowest BCUT2D eigenvalue weighted by molar-refractivity contribution is -0.137. The second-order valence-corrected chi connectivity index (χ2v) is 5.86. The van der Waals surface area contributed by atoms with Crippen LogP contribution in [-0.4, -0.2) is 22.6 Å². The molecule has 1 aliphatic carbocycles. The van der Waals surface area contributed by atoms with Gasteiger partial charge in [0, 0.05) is 11.6 Å². The van der Waals surface area contributed by atoms with Crippen molar-refractivity contribution in [2.45, 2.75) is 44.6 Å². The smallest absolute Gasteiger partial charge is 0.305 e. The van der Waals surface area contributed by atoms with Gasteiger partial charge >= 0.3 is 5.97 Å².